The van der Waals surface area contributed by atoms with Gasteiger partial charge in [0.15, 0.2) is 0 Å². The van der Waals surface area contributed by atoms with Crippen LogP contribution in [0.15, 0.2) is 0 Å². The number of halogens is 1. The van der Waals surface area contributed by atoms with Gasteiger partial charge in [-0.1, -0.05) is 0 Å². The molecule has 2 nitrogen and oxygen atoms in total. The van der Waals surface area contributed by atoms with E-state index in [0.29, 0.717) is 13.2 Å². The molecule has 1 atom stereocenters. The molecular formula is C6H13ClO2. The van der Waals surface area contributed by atoms with Gasteiger partial charge in [0.25, 0.3) is 0 Å². The fraction of sp³-hybridized carbons (Fsp3) is 1.00. The lowest BCUT2D eigenvalue weighted by molar-refractivity contribution is -0.0144. The minimum atomic E-state index is -0.864. The zero-order valence-corrected chi connectivity index (χ0v) is 6.61. The molecule has 0 rings (SSSR count). The Balaban J connectivity index is 3.33. The van der Waals surface area contributed by atoms with Crippen LogP contribution < -0.4 is 0 Å². The van der Waals surface area contributed by atoms with Crippen molar-refractivity contribution < 1.29 is 9.84 Å². The Bertz CT molecular complexity index is 73.5. The molecule has 1 unspecified atom stereocenters. The van der Waals surface area contributed by atoms with Crippen LogP contribution >= 0.6 is 11.6 Å². The third-order valence-electron chi connectivity index (χ3n) is 0.905. The highest BCUT2D eigenvalue weighted by Crippen LogP contribution is 2.05. The van der Waals surface area contributed by atoms with E-state index in [9.17, 15) is 5.11 Å². The molecule has 3 heteroatoms. The first-order chi connectivity index (χ1) is 4.12. The minimum Gasteiger partial charge on any atom is -0.387 e. The molecule has 0 fully saturated rings. The molecule has 0 aromatic carbocycles. The van der Waals surface area contributed by atoms with Gasteiger partial charge in [0.2, 0.25) is 0 Å². The van der Waals surface area contributed by atoms with Crippen molar-refractivity contribution in [2.24, 2.45) is 0 Å². The molecule has 0 spiro atoms. The van der Waals surface area contributed by atoms with Crippen LogP contribution in [0.2, 0.25) is 0 Å². The van der Waals surface area contributed by atoms with Crippen LogP contribution in [0, 0.1) is 0 Å². The highest BCUT2D eigenvalue weighted by molar-refractivity contribution is 6.18. The summed E-state index contributed by atoms with van der Waals surface area (Å²) in [6.07, 6.45) is 0. The van der Waals surface area contributed by atoms with Crippen molar-refractivity contribution in [2.45, 2.75) is 19.4 Å². The molecule has 0 radical (unpaired) electrons. The fourth-order valence-corrected chi connectivity index (χ4v) is 0.438. The molecular weight excluding hydrogens is 140 g/mol. The maximum atomic E-state index is 9.20. The van der Waals surface area contributed by atoms with Gasteiger partial charge in [-0.15, -0.1) is 11.6 Å². The van der Waals surface area contributed by atoms with Crippen molar-refractivity contribution in [2.75, 3.05) is 19.1 Å². The molecule has 9 heavy (non-hydrogen) atoms. The van der Waals surface area contributed by atoms with Gasteiger partial charge in [-0.25, -0.2) is 0 Å². The maximum absolute atomic E-state index is 9.20. The van der Waals surface area contributed by atoms with Gasteiger partial charge in [-0.3, -0.25) is 0 Å². The SMILES string of the molecule is CCOCC(C)(O)CCl. The Morgan fingerprint density at radius 3 is 2.56 bits per heavy atom. The molecule has 0 aromatic rings. The summed E-state index contributed by atoms with van der Waals surface area (Å²) >= 11 is 5.40. The van der Waals surface area contributed by atoms with Crippen LogP contribution in [0.25, 0.3) is 0 Å². The van der Waals surface area contributed by atoms with Gasteiger partial charge in [0.05, 0.1) is 18.1 Å². The summed E-state index contributed by atoms with van der Waals surface area (Å²) in [4.78, 5) is 0. The van der Waals surface area contributed by atoms with Crippen LogP contribution in [0.3, 0.4) is 0 Å². The molecule has 0 saturated heterocycles. The van der Waals surface area contributed by atoms with Crippen LogP contribution in [-0.2, 0) is 4.74 Å². The average Bonchev–Trinajstić information content (AvgIpc) is 1.84. The zero-order valence-electron chi connectivity index (χ0n) is 5.85. The summed E-state index contributed by atoms with van der Waals surface area (Å²) in [5.74, 6) is 0.215. The topological polar surface area (TPSA) is 29.5 Å². The largest absolute Gasteiger partial charge is 0.387 e. The van der Waals surface area contributed by atoms with Crippen molar-refractivity contribution in [1.29, 1.82) is 0 Å². The molecule has 1 N–H and O–H groups in total. The van der Waals surface area contributed by atoms with E-state index in [2.05, 4.69) is 0 Å². The predicted molar refractivity (Wildman–Crippen MR) is 37.8 cm³/mol. The average molecular weight is 153 g/mol. The lowest BCUT2D eigenvalue weighted by atomic mass is 10.2. The van der Waals surface area contributed by atoms with E-state index in [1.165, 1.54) is 0 Å². The lowest BCUT2D eigenvalue weighted by Crippen LogP contribution is -2.32. The van der Waals surface area contributed by atoms with Gasteiger partial charge in [-0.2, -0.15) is 0 Å². The molecule has 0 heterocycles. The number of aliphatic hydroxyl groups is 1. The van der Waals surface area contributed by atoms with E-state index < -0.39 is 5.60 Å². The second-order valence-corrected chi connectivity index (χ2v) is 2.53. The van der Waals surface area contributed by atoms with Gasteiger partial charge in [0, 0.05) is 6.61 Å². The van der Waals surface area contributed by atoms with Crippen molar-refractivity contribution in [3.05, 3.63) is 0 Å². The Morgan fingerprint density at radius 1 is 1.67 bits per heavy atom. The van der Waals surface area contributed by atoms with Gasteiger partial charge < -0.3 is 9.84 Å². The monoisotopic (exact) mass is 152 g/mol. The van der Waals surface area contributed by atoms with Gasteiger partial charge in [-0.05, 0) is 13.8 Å². The summed E-state index contributed by atoms with van der Waals surface area (Å²) in [5.41, 5.74) is -0.864. The van der Waals surface area contributed by atoms with E-state index in [1.54, 1.807) is 6.92 Å². The minimum absolute atomic E-state index is 0.215. The first-order valence-corrected chi connectivity index (χ1v) is 3.52. The predicted octanol–water partition coefficient (Wildman–Crippen LogP) is 1.01. The lowest BCUT2D eigenvalue weighted by Gasteiger charge is -2.18. The first-order valence-electron chi connectivity index (χ1n) is 2.98. The second kappa shape index (κ2) is 4.09. The smallest absolute Gasteiger partial charge is 0.0986 e. The van der Waals surface area contributed by atoms with E-state index in [-0.39, 0.29) is 5.88 Å². The summed E-state index contributed by atoms with van der Waals surface area (Å²) in [5, 5.41) is 9.20. The molecule has 0 aromatic heterocycles. The van der Waals surface area contributed by atoms with Crippen molar-refractivity contribution >= 4 is 11.6 Å². The Kier molecular flexibility index (Phi) is 4.19. The van der Waals surface area contributed by atoms with Gasteiger partial charge in [0.1, 0.15) is 0 Å². The molecule has 0 aliphatic rings. The first kappa shape index (κ1) is 9.21. The highest BCUT2D eigenvalue weighted by Gasteiger charge is 2.17. The summed E-state index contributed by atoms with van der Waals surface area (Å²) in [7, 11) is 0. The summed E-state index contributed by atoms with van der Waals surface area (Å²) < 4.78 is 4.95. The van der Waals surface area contributed by atoms with Crippen LogP contribution in [0.4, 0.5) is 0 Å². The molecule has 0 bridgehead atoms. The molecule has 0 saturated carbocycles. The van der Waals surface area contributed by atoms with Crippen LogP contribution in [-0.4, -0.2) is 29.8 Å². The molecule has 0 aliphatic heterocycles. The third-order valence-corrected chi connectivity index (χ3v) is 1.48. The van der Waals surface area contributed by atoms with E-state index in [1.807, 2.05) is 6.92 Å². The second-order valence-electron chi connectivity index (χ2n) is 2.27. The number of rotatable bonds is 4. The van der Waals surface area contributed by atoms with Crippen LogP contribution in [0.5, 0.6) is 0 Å². The Labute approximate surface area is 60.8 Å². The molecule has 0 aliphatic carbocycles. The Morgan fingerprint density at radius 2 is 2.22 bits per heavy atom. The molecule has 56 valence electrons. The van der Waals surface area contributed by atoms with E-state index in [4.69, 9.17) is 16.3 Å². The van der Waals surface area contributed by atoms with Gasteiger partial charge >= 0.3 is 0 Å². The standard InChI is InChI=1S/C6H13ClO2/c1-3-9-5-6(2,8)4-7/h8H,3-5H2,1-2H3. The molecule has 0 amide bonds. The maximum Gasteiger partial charge on any atom is 0.0986 e. The fourth-order valence-electron chi connectivity index (χ4n) is 0.361. The third kappa shape index (κ3) is 4.70. The van der Waals surface area contributed by atoms with Crippen molar-refractivity contribution in [1.82, 2.24) is 0 Å². The number of hydrogen-bond donors (Lipinski definition) is 1. The van der Waals surface area contributed by atoms with Crippen molar-refractivity contribution in [3.63, 3.8) is 0 Å². The Hall–Kier alpha value is 0.210. The number of hydrogen-bond acceptors (Lipinski definition) is 2. The normalized spacial score (nSPS) is 17.3. The summed E-state index contributed by atoms with van der Waals surface area (Å²) in [6.45, 7) is 4.46. The number of alkyl halides is 1. The van der Waals surface area contributed by atoms with Crippen molar-refractivity contribution in [3.8, 4) is 0 Å². The highest BCUT2D eigenvalue weighted by atomic mass is 35.5. The zero-order chi connectivity index (χ0) is 7.33. The van der Waals surface area contributed by atoms with E-state index in [0.717, 1.165) is 0 Å². The van der Waals surface area contributed by atoms with E-state index >= 15 is 0 Å². The van der Waals surface area contributed by atoms with Crippen LogP contribution in [0.1, 0.15) is 13.8 Å². The summed E-state index contributed by atoms with van der Waals surface area (Å²) in [6, 6.07) is 0. The number of ether oxygens (including phenoxy) is 1. The quantitative estimate of drug-likeness (QED) is 0.610.